The molecule has 0 unspecified atom stereocenters. The van der Waals surface area contributed by atoms with Gasteiger partial charge in [0.05, 0.1) is 12.4 Å². The van der Waals surface area contributed by atoms with Crippen molar-refractivity contribution in [1.82, 2.24) is 9.97 Å². The third-order valence-electron chi connectivity index (χ3n) is 0.547. The molecule has 0 saturated carbocycles. The zero-order valence-electron chi connectivity index (χ0n) is 3.57. The first kappa shape index (κ1) is 4.05. The van der Waals surface area contributed by atoms with E-state index in [4.69, 9.17) is 5.11 Å². The summed E-state index contributed by atoms with van der Waals surface area (Å²) in [7, 11) is 0. The maximum atomic E-state index is 8.51. The van der Waals surface area contributed by atoms with Gasteiger partial charge in [0.15, 0.2) is 5.75 Å². The molecule has 0 aliphatic carbocycles. The van der Waals surface area contributed by atoms with Gasteiger partial charge < -0.3 is 5.11 Å². The van der Waals surface area contributed by atoms with Crippen LogP contribution in [-0.4, -0.2) is 15.1 Å². The lowest BCUT2D eigenvalue weighted by Gasteiger charge is -1.81. The normalized spacial score (nSPS) is 8.57. The average molecular weight is 96.1 g/mol. The molecule has 0 radical (unpaired) electrons. The molecular formula is C4H4N2O. The summed E-state index contributed by atoms with van der Waals surface area (Å²) in [6.07, 6.45) is 4.01. The van der Waals surface area contributed by atoms with Crippen LogP contribution in [0.25, 0.3) is 0 Å². The van der Waals surface area contributed by atoms with E-state index in [9.17, 15) is 0 Å². The molecule has 0 bridgehead atoms. The molecule has 3 heteroatoms. The average Bonchev–Trinajstić information content (AvgIpc) is 1.69. The zero-order chi connectivity index (χ0) is 5.11. The van der Waals surface area contributed by atoms with Crippen LogP contribution in [0.2, 0.25) is 0 Å². The first-order chi connectivity index (χ1) is 3.39. The molecular weight excluding hydrogens is 92.1 g/mol. The Bertz CT molecular complexity index is 140. The fourth-order valence-corrected chi connectivity index (χ4v) is 0.291. The highest BCUT2D eigenvalue weighted by molar-refractivity contribution is 5.06. The van der Waals surface area contributed by atoms with Gasteiger partial charge in [0.1, 0.15) is 6.33 Å². The summed E-state index contributed by atoms with van der Waals surface area (Å²) in [5, 5.41) is 8.51. The minimum atomic E-state index is 0.0995. The van der Waals surface area contributed by atoms with Crippen molar-refractivity contribution in [3.63, 3.8) is 0 Å². The van der Waals surface area contributed by atoms with E-state index in [-0.39, 0.29) is 5.75 Å². The molecule has 0 saturated heterocycles. The molecule has 1 N–H and O–H groups in total. The summed E-state index contributed by atoms with van der Waals surface area (Å²) >= 11 is 0. The number of rotatable bonds is 0. The van der Waals surface area contributed by atoms with Crippen molar-refractivity contribution in [2.24, 2.45) is 0 Å². The van der Waals surface area contributed by atoms with Crippen LogP contribution in [0.3, 0.4) is 0 Å². The highest BCUT2D eigenvalue weighted by Crippen LogP contribution is 1.96. The third-order valence-corrected chi connectivity index (χ3v) is 0.547. The van der Waals surface area contributed by atoms with E-state index in [0.717, 1.165) is 0 Å². The van der Waals surface area contributed by atoms with E-state index in [1.165, 1.54) is 18.7 Å². The Morgan fingerprint density at radius 3 is 2.14 bits per heavy atom. The molecule has 0 aliphatic heterocycles. The second kappa shape index (κ2) is 1.55. The largest absolute Gasteiger partial charge is 0.505 e. The first-order valence-electron chi connectivity index (χ1n) is 1.83. The Morgan fingerprint density at radius 2 is 1.86 bits per heavy atom. The lowest BCUT2D eigenvalue weighted by Crippen LogP contribution is -1.70. The SMILES string of the molecule is Oc1cncnc1. The van der Waals surface area contributed by atoms with Crippen LogP contribution < -0.4 is 0 Å². The van der Waals surface area contributed by atoms with Gasteiger partial charge in [-0.1, -0.05) is 0 Å². The molecule has 0 aliphatic rings. The van der Waals surface area contributed by atoms with Gasteiger partial charge in [-0.3, -0.25) is 0 Å². The van der Waals surface area contributed by atoms with Gasteiger partial charge in [0, 0.05) is 0 Å². The molecule has 3 nitrogen and oxygen atoms in total. The van der Waals surface area contributed by atoms with Crippen molar-refractivity contribution in [1.29, 1.82) is 0 Å². The summed E-state index contributed by atoms with van der Waals surface area (Å²) in [4.78, 5) is 7.05. The van der Waals surface area contributed by atoms with E-state index < -0.39 is 0 Å². The van der Waals surface area contributed by atoms with Crippen LogP contribution in [0.15, 0.2) is 18.7 Å². The van der Waals surface area contributed by atoms with Gasteiger partial charge in [-0.15, -0.1) is 0 Å². The summed E-state index contributed by atoms with van der Waals surface area (Å²) in [5.41, 5.74) is 0. The van der Waals surface area contributed by atoms with Crippen molar-refractivity contribution in [3.05, 3.63) is 18.7 Å². The number of hydrogen-bond donors (Lipinski definition) is 1. The lowest BCUT2D eigenvalue weighted by atomic mass is 10.6. The summed E-state index contributed by atoms with van der Waals surface area (Å²) in [6, 6.07) is 0. The van der Waals surface area contributed by atoms with E-state index in [1.54, 1.807) is 0 Å². The highest BCUT2D eigenvalue weighted by Gasteiger charge is 1.77. The number of nitrogens with zero attached hydrogens (tertiary/aromatic N) is 2. The predicted octanol–water partition coefficient (Wildman–Crippen LogP) is 0.182. The van der Waals surface area contributed by atoms with Crippen LogP contribution in [0.4, 0.5) is 0 Å². The molecule has 1 aromatic heterocycles. The van der Waals surface area contributed by atoms with E-state index in [1.807, 2.05) is 0 Å². The maximum Gasteiger partial charge on any atom is 0.152 e. The number of aromatic hydroxyl groups is 1. The van der Waals surface area contributed by atoms with Crippen LogP contribution in [0.5, 0.6) is 5.75 Å². The zero-order valence-corrected chi connectivity index (χ0v) is 3.57. The molecule has 36 valence electrons. The van der Waals surface area contributed by atoms with Crippen LogP contribution in [0.1, 0.15) is 0 Å². The summed E-state index contributed by atoms with van der Waals surface area (Å²) in [6.45, 7) is 0. The van der Waals surface area contributed by atoms with Crippen molar-refractivity contribution in [2.75, 3.05) is 0 Å². The van der Waals surface area contributed by atoms with Gasteiger partial charge in [-0.2, -0.15) is 0 Å². The topological polar surface area (TPSA) is 46.0 Å². The predicted molar refractivity (Wildman–Crippen MR) is 23.7 cm³/mol. The quantitative estimate of drug-likeness (QED) is 0.501. The minimum absolute atomic E-state index is 0.0995. The highest BCUT2D eigenvalue weighted by atomic mass is 16.3. The first-order valence-corrected chi connectivity index (χ1v) is 1.83. The van der Waals surface area contributed by atoms with Crippen molar-refractivity contribution < 1.29 is 5.11 Å². The van der Waals surface area contributed by atoms with Gasteiger partial charge in [-0.25, -0.2) is 9.97 Å². The number of aromatic nitrogens is 2. The Kier molecular flexibility index (Phi) is 0.898. The maximum absolute atomic E-state index is 8.51. The standard InChI is InChI=1S/C4H4N2O/c7-4-1-5-3-6-2-4/h1-3,7H. The second-order valence-corrected chi connectivity index (χ2v) is 1.10. The minimum Gasteiger partial charge on any atom is -0.505 e. The fraction of sp³-hybridized carbons (Fsp3) is 0. The van der Waals surface area contributed by atoms with Gasteiger partial charge in [0.2, 0.25) is 0 Å². The van der Waals surface area contributed by atoms with Gasteiger partial charge >= 0.3 is 0 Å². The van der Waals surface area contributed by atoms with E-state index >= 15 is 0 Å². The van der Waals surface area contributed by atoms with E-state index in [2.05, 4.69) is 9.97 Å². The Hall–Kier alpha value is -1.12. The molecule has 0 aromatic carbocycles. The van der Waals surface area contributed by atoms with Gasteiger partial charge in [-0.05, 0) is 0 Å². The molecule has 7 heavy (non-hydrogen) atoms. The van der Waals surface area contributed by atoms with E-state index in [0.29, 0.717) is 0 Å². The smallest absolute Gasteiger partial charge is 0.152 e. The van der Waals surface area contributed by atoms with Crippen LogP contribution in [-0.2, 0) is 0 Å². The molecule has 0 fully saturated rings. The fourth-order valence-electron chi connectivity index (χ4n) is 0.291. The summed E-state index contributed by atoms with van der Waals surface area (Å²) in [5.74, 6) is 0.0995. The Balaban J connectivity index is 3.02. The molecule has 0 spiro atoms. The van der Waals surface area contributed by atoms with Crippen LogP contribution >= 0.6 is 0 Å². The number of hydrogen-bond acceptors (Lipinski definition) is 3. The summed E-state index contributed by atoms with van der Waals surface area (Å²) < 4.78 is 0. The Morgan fingerprint density at radius 1 is 1.29 bits per heavy atom. The Labute approximate surface area is 40.7 Å². The molecule has 0 atom stereocenters. The van der Waals surface area contributed by atoms with Crippen molar-refractivity contribution >= 4 is 0 Å². The van der Waals surface area contributed by atoms with Gasteiger partial charge in [0.25, 0.3) is 0 Å². The molecule has 0 amide bonds. The van der Waals surface area contributed by atoms with Crippen LogP contribution in [0, 0.1) is 0 Å². The van der Waals surface area contributed by atoms with Crippen molar-refractivity contribution in [3.8, 4) is 5.75 Å². The molecule has 1 aromatic rings. The van der Waals surface area contributed by atoms with Crippen molar-refractivity contribution in [2.45, 2.75) is 0 Å². The second-order valence-electron chi connectivity index (χ2n) is 1.10. The molecule has 1 heterocycles. The third kappa shape index (κ3) is 0.855. The monoisotopic (exact) mass is 96.0 g/mol. The lowest BCUT2D eigenvalue weighted by molar-refractivity contribution is 0.469. The molecule has 1 rings (SSSR count).